The number of halogens is 1. The Labute approximate surface area is 119 Å². The Hall–Kier alpha value is -2.95. The molecule has 2 N–H and O–H groups in total. The lowest BCUT2D eigenvalue weighted by Gasteiger charge is -2.04. The zero-order valence-electron chi connectivity index (χ0n) is 11.0. The van der Waals surface area contributed by atoms with Gasteiger partial charge in [0.15, 0.2) is 0 Å². The summed E-state index contributed by atoms with van der Waals surface area (Å²) in [5.41, 5.74) is 5.66. The fourth-order valence-corrected chi connectivity index (χ4v) is 2.44. The van der Waals surface area contributed by atoms with Gasteiger partial charge in [0.25, 0.3) is 0 Å². The molecular weight excluding hydrogens is 267 g/mol. The molecule has 0 aliphatic rings. The number of fused-ring (bicyclic) bond motifs is 1. The molecule has 4 nitrogen and oxygen atoms in total. The summed E-state index contributed by atoms with van der Waals surface area (Å²) in [6, 6.07) is 12.3. The lowest BCUT2D eigenvalue weighted by atomic mass is 10.0. The van der Waals surface area contributed by atoms with Crippen LogP contribution in [0.1, 0.15) is 0 Å². The molecule has 0 fully saturated rings. The van der Waals surface area contributed by atoms with Gasteiger partial charge >= 0.3 is 0 Å². The molecule has 2 heterocycles. The number of rotatable bonds is 2. The number of nitrogens with zero attached hydrogens (tertiary/aromatic N) is 2. The fourth-order valence-electron chi connectivity index (χ4n) is 2.44. The van der Waals surface area contributed by atoms with Gasteiger partial charge in [-0.05, 0) is 42.0 Å². The zero-order valence-corrected chi connectivity index (χ0v) is 11.0. The first-order valence-electron chi connectivity index (χ1n) is 6.54. The maximum Gasteiger partial charge on any atom is 0.123 e. The van der Waals surface area contributed by atoms with Crippen molar-refractivity contribution in [3.05, 3.63) is 60.8 Å². The molecule has 0 bridgehead atoms. The maximum absolute atomic E-state index is 13.1. The first-order chi connectivity index (χ1) is 10.3. The van der Waals surface area contributed by atoms with Crippen molar-refractivity contribution in [3.8, 4) is 22.4 Å². The van der Waals surface area contributed by atoms with Crippen LogP contribution in [0.2, 0.25) is 0 Å². The molecule has 0 aliphatic heterocycles. The minimum absolute atomic E-state index is 0.251. The largest absolute Gasteiger partial charge is 0.345 e. The molecule has 0 amide bonds. The summed E-state index contributed by atoms with van der Waals surface area (Å²) >= 11 is 0. The third-order valence-corrected chi connectivity index (χ3v) is 3.50. The average molecular weight is 278 g/mol. The number of hydrogen-bond acceptors (Lipinski definition) is 2. The van der Waals surface area contributed by atoms with E-state index < -0.39 is 0 Å². The summed E-state index contributed by atoms with van der Waals surface area (Å²) in [7, 11) is 0. The monoisotopic (exact) mass is 278 g/mol. The maximum atomic E-state index is 13.1. The quantitative estimate of drug-likeness (QED) is 0.586. The van der Waals surface area contributed by atoms with E-state index in [4.69, 9.17) is 0 Å². The van der Waals surface area contributed by atoms with Crippen LogP contribution < -0.4 is 0 Å². The van der Waals surface area contributed by atoms with Gasteiger partial charge in [-0.25, -0.2) is 9.37 Å². The first-order valence-corrected chi connectivity index (χ1v) is 6.54. The van der Waals surface area contributed by atoms with Gasteiger partial charge in [0, 0.05) is 11.1 Å². The topological polar surface area (TPSA) is 57.4 Å². The second kappa shape index (κ2) is 4.56. The molecule has 0 unspecified atom stereocenters. The average Bonchev–Trinajstić information content (AvgIpc) is 3.16. The van der Waals surface area contributed by atoms with Crippen LogP contribution in [0.25, 0.3) is 33.4 Å². The van der Waals surface area contributed by atoms with Gasteiger partial charge in [-0.15, -0.1) is 0 Å². The number of H-pyrrole nitrogens is 2. The van der Waals surface area contributed by atoms with E-state index in [2.05, 4.69) is 20.2 Å². The lowest BCUT2D eigenvalue weighted by molar-refractivity contribution is 0.628. The minimum atomic E-state index is -0.251. The van der Waals surface area contributed by atoms with Gasteiger partial charge in [0.05, 0.1) is 29.3 Å². The molecule has 0 atom stereocenters. The molecule has 2 aromatic carbocycles. The van der Waals surface area contributed by atoms with Crippen LogP contribution in [-0.2, 0) is 0 Å². The number of nitrogens with one attached hydrogen (secondary N) is 2. The molecule has 0 radical (unpaired) electrons. The second-order valence-electron chi connectivity index (χ2n) is 4.80. The number of benzene rings is 2. The van der Waals surface area contributed by atoms with E-state index in [-0.39, 0.29) is 5.82 Å². The molecule has 102 valence electrons. The highest BCUT2D eigenvalue weighted by Gasteiger charge is 2.11. The van der Waals surface area contributed by atoms with Crippen LogP contribution in [0.15, 0.2) is 55.0 Å². The molecule has 2 aromatic heterocycles. The third-order valence-electron chi connectivity index (χ3n) is 3.50. The molecule has 4 rings (SSSR count). The van der Waals surface area contributed by atoms with Gasteiger partial charge in [-0.3, -0.25) is 5.10 Å². The van der Waals surface area contributed by atoms with Gasteiger partial charge in [-0.2, -0.15) is 5.10 Å². The predicted octanol–water partition coefficient (Wildman–Crippen LogP) is 3.76. The molecule has 5 heteroatoms. The molecule has 0 saturated carbocycles. The summed E-state index contributed by atoms with van der Waals surface area (Å²) in [5.74, 6) is -0.251. The van der Waals surface area contributed by atoms with E-state index >= 15 is 0 Å². The van der Waals surface area contributed by atoms with Gasteiger partial charge < -0.3 is 4.98 Å². The van der Waals surface area contributed by atoms with Crippen molar-refractivity contribution < 1.29 is 4.39 Å². The smallest absolute Gasteiger partial charge is 0.123 e. The summed E-state index contributed by atoms with van der Waals surface area (Å²) < 4.78 is 13.1. The van der Waals surface area contributed by atoms with Crippen molar-refractivity contribution in [2.75, 3.05) is 0 Å². The number of aromatic nitrogens is 4. The zero-order chi connectivity index (χ0) is 14.2. The van der Waals surface area contributed by atoms with Gasteiger partial charge in [0.1, 0.15) is 5.82 Å². The molecule has 0 spiro atoms. The lowest BCUT2D eigenvalue weighted by Crippen LogP contribution is -1.84. The Morgan fingerprint density at radius 1 is 0.952 bits per heavy atom. The van der Waals surface area contributed by atoms with E-state index in [1.807, 2.05) is 18.2 Å². The van der Waals surface area contributed by atoms with Crippen LogP contribution in [0.3, 0.4) is 0 Å². The van der Waals surface area contributed by atoms with E-state index in [0.29, 0.717) is 0 Å². The summed E-state index contributed by atoms with van der Waals surface area (Å²) in [5, 5.41) is 7.10. The summed E-state index contributed by atoms with van der Waals surface area (Å²) in [6.07, 6.45) is 3.45. The standard InChI is InChI=1S/C16H11FN4/c17-12-4-1-10(2-5-12)16-13(8-20-21-16)11-3-6-14-15(7-11)19-9-18-14/h1-9H,(H,18,19)(H,20,21). The van der Waals surface area contributed by atoms with Gasteiger partial charge in [-0.1, -0.05) is 6.07 Å². The summed E-state index contributed by atoms with van der Waals surface area (Å²) in [6.45, 7) is 0. The first kappa shape index (κ1) is 11.8. The van der Waals surface area contributed by atoms with Crippen LogP contribution in [0.4, 0.5) is 4.39 Å². The summed E-state index contributed by atoms with van der Waals surface area (Å²) in [4.78, 5) is 7.31. The highest BCUT2D eigenvalue weighted by atomic mass is 19.1. The van der Waals surface area contributed by atoms with E-state index in [1.54, 1.807) is 24.7 Å². The number of hydrogen-bond donors (Lipinski definition) is 2. The normalized spacial score (nSPS) is 11.1. The molecule has 0 aliphatic carbocycles. The third kappa shape index (κ3) is 1.99. The number of imidazole rings is 1. The van der Waals surface area contributed by atoms with Crippen molar-refractivity contribution in [2.45, 2.75) is 0 Å². The van der Waals surface area contributed by atoms with Crippen molar-refractivity contribution in [3.63, 3.8) is 0 Å². The van der Waals surface area contributed by atoms with E-state index in [1.165, 1.54) is 12.1 Å². The van der Waals surface area contributed by atoms with Crippen molar-refractivity contribution in [1.82, 2.24) is 20.2 Å². The van der Waals surface area contributed by atoms with Crippen LogP contribution >= 0.6 is 0 Å². The highest BCUT2D eigenvalue weighted by molar-refractivity contribution is 5.86. The van der Waals surface area contributed by atoms with Crippen LogP contribution in [-0.4, -0.2) is 20.2 Å². The predicted molar refractivity (Wildman–Crippen MR) is 79.1 cm³/mol. The van der Waals surface area contributed by atoms with E-state index in [0.717, 1.165) is 33.4 Å². The van der Waals surface area contributed by atoms with Crippen LogP contribution in [0.5, 0.6) is 0 Å². The molecule has 4 aromatic rings. The fraction of sp³-hybridized carbons (Fsp3) is 0. The minimum Gasteiger partial charge on any atom is -0.345 e. The second-order valence-corrected chi connectivity index (χ2v) is 4.80. The Kier molecular flexibility index (Phi) is 2.57. The number of aromatic amines is 2. The van der Waals surface area contributed by atoms with Crippen molar-refractivity contribution in [2.24, 2.45) is 0 Å². The van der Waals surface area contributed by atoms with Gasteiger partial charge in [0.2, 0.25) is 0 Å². The van der Waals surface area contributed by atoms with Crippen molar-refractivity contribution in [1.29, 1.82) is 0 Å². The van der Waals surface area contributed by atoms with E-state index in [9.17, 15) is 4.39 Å². The van der Waals surface area contributed by atoms with Crippen molar-refractivity contribution >= 4 is 11.0 Å². The Balaban J connectivity index is 1.85. The molecule has 0 saturated heterocycles. The van der Waals surface area contributed by atoms with Crippen LogP contribution in [0, 0.1) is 5.82 Å². The Morgan fingerprint density at radius 3 is 2.62 bits per heavy atom. The SMILES string of the molecule is Fc1ccc(-c2[nH]ncc2-c2ccc3nc[nH]c3c2)cc1. The highest BCUT2D eigenvalue weighted by Crippen LogP contribution is 2.31. The molecule has 21 heavy (non-hydrogen) atoms. The Bertz CT molecular complexity index is 905. The molecular formula is C16H11FN4. The Morgan fingerprint density at radius 2 is 1.76 bits per heavy atom.